The van der Waals surface area contributed by atoms with Crippen molar-refractivity contribution in [3.63, 3.8) is 0 Å². The number of carboxylic acid groups (broad SMARTS) is 1. The van der Waals surface area contributed by atoms with Crippen LogP contribution in [0.4, 0.5) is 4.39 Å². The number of hydrogen-bond acceptors (Lipinski definition) is 4. The van der Waals surface area contributed by atoms with Gasteiger partial charge in [0.15, 0.2) is 11.0 Å². The highest BCUT2D eigenvalue weighted by molar-refractivity contribution is 7.99. The van der Waals surface area contributed by atoms with Crippen molar-refractivity contribution in [3.05, 3.63) is 24.0 Å². The Morgan fingerprint density at radius 3 is 3.00 bits per heavy atom. The molecule has 0 bridgehead atoms. The molecule has 0 amide bonds. The van der Waals surface area contributed by atoms with Gasteiger partial charge in [0, 0.05) is 6.61 Å². The lowest BCUT2D eigenvalue weighted by molar-refractivity contribution is -0.133. The van der Waals surface area contributed by atoms with Crippen molar-refractivity contribution >= 4 is 28.8 Å². The van der Waals surface area contributed by atoms with Gasteiger partial charge in [-0.05, 0) is 26.0 Å². The number of nitrogens with zero attached hydrogens (tertiary/aromatic N) is 2. The van der Waals surface area contributed by atoms with E-state index in [-0.39, 0.29) is 17.3 Å². The van der Waals surface area contributed by atoms with Gasteiger partial charge >= 0.3 is 5.97 Å². The molecule has 2 rings (SSSR count). The van der Waals surface area contributed by atoms with E-state index in [1.54, 1.807) is 12.1 Å². The summed E-state index contributed by atoms with van der Waals surface area (Å²) in [4.78, 5) is 15.0. The van der Waals surface area contributed by atoms with E-state index in [1.165, 1.54) is 6.07 Å². The number of para-hydroxylation sites is 1. The third-order valence-corrected chi connectivity index (χ3v) is 3.90. The summed E-state index contributed by atoms with van der Waals surface area (Å²) in [5.41, 5.74) is 0.906. The van der Waals surface area contributed by atoms with Crippen molar-refractivity contribution < 1.29 is 19.0 Å². The fourth-order valence-corrected chi connectivity index (χ4v) is 2.90. The lowest BCUT2D eigenvalue weighted by Gasteiger charge is -2.16. The average molecular weight is 312 g/mol. The highest BCUT2D eigenvalue weighted by Crippen LogP contribution is 2.29. The Bertz CT molecular complexity index is 644. The minimum absolute atomic E-state index is 0.0620. The summed E-state index contributed by atoms with van der Waals surface area (Å²) in [6.45, 7) is 4.88. The second-order valence-electron chi connectivity index (χ2n) is 4.56. The van der Waals surface area contributed by atoms with Gasteiger partial charge < -0.3 is 14.4 Å². The minimum atomic E-state index is -0.934. The Morgan fingerprint density at radius 2 is 2.33 bits per heavy atom. The number of carboxylic acids is 1. The number of benzene rings is 1. The van der Waals surface area contributed by atoms with Crippen LogP contribution in [0.25, 0.3) is 11.0 Å². The van der Waals surface area contributed by atoms with E-state index in [9.17, 15) is 9.18 Å². The second-order valence-corrected chi connectivity index (χ2v) is 5.51. The first-order valence-corrected chi connectivity index (χ1v) is 7.62. The highest BCUT2D eigenvalue weighted by Gasteiger charge is 2.19. The molecule has 0 fully saturated rings. The molecule has 0 saturated heterocycles. The van der Waals surface area contributed by atoms with Crippen molar-refractivity contribution in [2.75, 3.05) is 19.0 Å². The van der Waals surface area contributed by atoms with Crippen LogP contribution in [0, 0.1) is 5.82 Å². The molecule has 0 radical (unpaired) electrons. The monoisotopic (exact) mass is 312 g/mol. The molecule has 1 unspecified atom stereocenters. The molecule has 0 spiro atoms. The lowest BCUT2D eigenvalue weighted by atomic mass is 10.3. The topological polar surface area (TPSA) is 64.3 Å². The van der Waals surface area contributed by atoms with Gasteiger partial charge in [-0.1, -0.05) is 17.8 Å². The summed E-state index contributed by atoms with van der Waals surface area (Å²) >= 11 is 1.08. The van der Waals surface area contributed by atoms with Crippen molar-refractivity contribution in [1.82, 2.24) is 9.55 Å². The summed E-state index contributed by atoms with van der Waals surface area (Å²) < 4.78 is 21.1. The predicted molar refractivity (Wildman–Crippen MR) is 79.3 cm³/mol. The number of ether oxygens (including phenoxy) is 1. The molecule has 0 aliphatic rings. The summed E-state index contributed by atoms with van der Waals surface area (Å²) in [6.07, 6.45) is 0. The van der Waals surface area contributed by atoms with Crippen LogP contribution >= 0.6 is 11.8 Å². The Labute approximate surface area is 126 Å². The molecule has 1 N–H and O–H groups in total. The molecule has 1 atom stereocenters. The molecular formula is C14H17FN2O3S. The van der Waals surface area contributed by atoms with Crippen molar-refractivity contribution in [3.8, 4) is 0 Å². The maximum absolute atomic E-state index is 13.9. The van der Waals surface area contributed by atoms with Gasteiger partial charge in [0.2, 0.25) is 0 Å². The van der Waals surface area contributed by atoms with Crippen LogP contribution in [0.3, 0.4) is 0 Å². The zero-order chi connectivity index (χ0) is 15.4. The fraction of sp³-hybridized carbons (Fsp3) is 0.429. The van der Waals surface area contributed by atoms with Gasteiger partial charge in [0.25, 0.3) is 0 Å². The van der Waals surface area contributed by atoms with Gasteiger partial charge in [0.1, 0.15) is 5.52 Å². The molecule has 114 valence electrons. The Balaban J connectivity index is 2.44. The van der Waals surface area contributed by atoms with E-state index in [2.05, 4.69) is 4.98 Å². The summed E-state index contributed by atoms with van der Waals surface area (Å²) in [6, 6.07) is 4.68. The number of carbonyl (C=O) groups is 1. The molecule has 21 heavy (non-hydrogen) atoms. The number of imidazole rings is 1. The molecule has 1 heterocycles. The molecule has 1 aromatic carbocycles. The van der Waals surface area contributed by atoms with Crippen LogP contribution in [0.5, 0.6) is 0 Å². The van der Waals surface area contributed by atoms with Crippen LogP contribution in [-0.4, -0.2) is 39.6 Å². The fourth-order valence-electron chi connectivity index (χ4n) is 2.08. The van der Waals surface area contributed by atoms with Gasteiger partial charge in [-0.3, -0.25) is 4.79 Å². The summed E-state index contributed by atoms with van der Waals surface area (Å²) in [7, 11) is 0. The van der Waals surface area contributed by atoms with E-state index in [0.717, 1.165) is 11.8 Å². The minimum Gasteiger partial charge on any atom is -0.481 e. The Hall–Kier alpha value is -1.60. The van der Waals surface area contributed by atoms with Crippen LogP contribution in [-0.2, 0) is 9.53 Å². The van der Waals surface area contributed by atoms with Crippen molar-refractivity contribution in [1.29, 1.82) is 0 Å². The van der Waals surface area contributed by atoms with Crippen LogP contribution < -0.4 is 0 Å². The highest BCUT2D eigenvalue weighted by atomic mass is 32.2. The largest absolute Gasteiger partial charge is 0.481 e. The number of aliphatic carboxylic acids is 1. The van der Waals surface area contributed by atoms with E-state index < -0.39 is 11.8 Å². The number of fused-ring (bicyclic) bond motifs is 1. The lowest BCUT2D eigenvalue weighted by Crippen LogP contribution is -2.14. The normalized spacial score (nSPS) is 12.7. The maximum atomic E-state index is 13.9. The van der Waals surface area contributed by atoms with E-state index >= 15 is 0 Å². The smallest absolute Gasteiger partial charge is 0.313 e. The van der Waals surface area contributed by atoms with Crippen LogP contribution in [0.15, 0.2) is 23.4 Å². The number of hydrogen-bond donors (Lipinski definition) is 1. The average Bonchev–Trinajstić information content (AvgIpc) is 2.82. The summed E-state index contributed by atoms with van der Waals surface area (Å²) in [5, 5.41) is 9.31. The first kappa shape index (κ1) is 15.8. The SMILES string of the molecule is CCOCC(C)n1c(SCC(=O)O)nc2c(F)cccc21. The number of thioether (sulfide) groups is 1. The van der Waals surface area contributed by atoms with Crippen LogP contribution in [0.1, 0.15) is 19.9 Å². The predicted octanol–water partition coefficient (Wildman–Crippen LogP) is 2.95. The third-order valence-electron chi connectivity index (χ3n) is 2.97. The molecule has 2 aromatic rings. The van der Waals surface area contributed by atoms with Crippen molar-refractivity contribution in [2.45, 2.75) is 25.0 Å². The van der Waals surface area contributed by atoms with Gasteiger partial charge in [-0.15, -0.1) is 0 Å². The standard InChI is InChI=1S/C14H17FN2O3S/c1-3-20-7-9(2)17-11-6-4-5-10(15)13(11)16-14(17)21-8-12(18)19/h4-6,9H,3,7-8H2,1-2H3,(H,18,19). The number of aromatic nitrogens is 2. The first-order chi connectivity index (χ1) is 10.0. The van der Waals surface area contributed by atoms with Gasteiger partial charge in [-0.2, -0.15) is 0 Å². The zero-order valence-corrected chi connectivity index (χ0v) is 12.7. The third kappa shape index (κ3) is 3.54. The van der Waals surface area contributed by atoms with E-state index in [1.807, 2.05) is 18.4 Å². The maximum Gasteiger partial charge on any atom is 0.313 e. The quantitative estimate of drug-likeness (QED) is 0.796. The number of rotatable bonds is 7. The zero-order valence-electron chi connectivity index (χ0n) is 11.9. The Morgan fingerprint density at radius 1 is 1.57 bits per heavy atom. The van der Waals surface area contributed by atoms with E-state index in [0.29, 0.717) is 23.9 Å². The molecule has 5 nitrogen and oxygen atoms in total. The molecule has 0 aliphatic carbocycles. The van der Waals surface area contributed by atoms with E-state index in [4.69, 9.17) is 9.84 Å². The van der Waals surface area contributed by atoms with Gasteiger partial charge in [-0.25, -0.2) is 9.37 Å². The molecule has 0 saturated carbocycles. The molecular weight excluding hydrogens is 295 g/mol. The second kappa shape index (κ2) is 6.91. The molecule has 0 aliphatic heterocycles. The molecule has 7 heteroatoms. The summed E-state index contributed by atoms with van der Waals surface area (Å²) in [5.74, 6) is -1.46. The Kier molecular flexibility index (Phi) is 5.19. The number of halogens is 1. The van der Waals surface area contributed by atoms with Gasteiger partial charge in [0.05, 0.1) is 23.9 Å². The van der Waals surface area contributed by atoms with Crippen LogP contribution in [0.2, 0.25) is 0 Å². The molecule has 1 aromatic heterocycles. The van der Waals surface area contributed by atoms with Crippen molar-refractivity contribution in [2.24, 2.45) is 0 Å². The first-order valence-electron chi connectivity index (χ1n) is 6.63.